The van der Waals surface area contributed by atoms with E-state index in [1.54, 1.807) is 19.9 Å². The molecule has 3 N–H and O–H groups in total. The van der Waals surface area contributed by atoms with Crippen LogP contribution in [-0.4, -0.2) is 11.9 Å². The fourth-order valence-electron chi connectivity index (χ4n) is 1.03. The molecule has 1 atom stereocenters. The highest BCUT2D eigenvalue weighted by atomic mass is 79.9. The van der Waals surface area contributed by atoms with Gasteiger partial charge in [-0.2, -0.15) is 0 Å². The molecule has 0 spiro atoms. The van der Waals surface area contributed by atoms with Crippen LogP contribution in [0.1, 0.15) is 12.5 Å². The van der Waals surface area contributed by atoms with Gasteiger partial charge in [-0.15, -0.1) is 0 Å². The van der Waals surface area contributed by atoms with Crippen LogP contribution < -0.4 is 11.1 Å². The molecule has 1 amide bonds. The van der Waals surface area contributed by atoms with Gasteiger partial charge in [-0.1, -0.05) is 0 Å². The largest absolute Gasteiger partial charge is 0.324 e. The number of nitrogens with two attached hydrogens (primary N) is 1. The minimum absolute atomic E-state index is 0.333. The molecule has 15 heavy (non-hydrogen) atoms. The second-order valence-electron chi connectivity index (χ2n) is 3.36. The van der Waals surface area contributed by atoms with E-state index in [0.29, 0.717) is 10.2 Å². The molecule has 0 aliphatic heterocycles. The molecular weight excluding hydrogens is 263 g/mol. The predicted molar refractivity (Wildman–Crippen MR) is 61.1 cm³/mol. The molecule has 82 valence electrons. The molecule has 1 aromatic carbocycles. The summed E-state index contributed by atoms with van der Waals surface area (Å²) in [5, 5.41) is 2.55. The molecule has 1 rings (SSSR count). The van der Waals surface area contributed by atoms with Crippen LogP contribution in [0.5, 0.6) is 0 Å². The van der Waals surface area contributed by atoms with Gasteiger partial charge in [0.1, 0.15) is 5.82 Å². The predicted octanol–water partition coefficient (Wildman–Crippen LogP) is 2.18. The minimum atomic E-state index is -0.615. The molecule has 0 saturated heterocycles. The van der Waals surface area contributed by atoms with Gasteiger partial charge in [0.25, 0.3) is 0 Å². The Morgan fingerprint density at radius 3 is 2.73 bits per heavy atom. The number of nitrogens with one attached hydrogen (secondary N) is 1. The summed E-state index contributed by atoms with van der Waals surface area (Å²) in [4.78, 5) is 11.3. The second-order valence-corrected chi connectivity index (χ2v) is 4.21. The average molecular weight is 275 g/mol. The Kier molecular flexibility index (Phi) is 3.82. The average Bonchev–Trinajstić information content (AvgIpc) is 2.13. The highest BCUT2D eigenvalue weighted by molar-refractivity contribution is 9.10. The van der Waals surface area contributed by atoms with E-state index in [1.807, 2.05) is 0 Å². The summed E-state index contributed by atoms with van der Waals surface area (Å²) in [5.41, 5.74) is 6.60. The van der Waals surface area contributed by atoms with Crippen LogP contribution in [0, 0.1) is 12.7 Å². The maximum absolute atomic E-state index is 13.2. The number of halogens is 2. The highest BCUT2D eigenvalue weighted by Gasteiger charge is 2.11. The number of hydrogen-bond donors (Lipinski definition) is 2. The minimum Gasteiger partial charge on any atom is -0.324 e. The molecule has 5 heteroatoms. The molecule has 0 saturated carbocycles. The fourth-order valence-corrected chi connectivity index (χ4v) is 1.49. The zero-order chi connectivity index (χ0) is 11.6. The second kappa shape index (κ2) is 4.72. The maximum atomic E-state index is 13.2. The third kappa shape index (κ3) is 3.00. The van der Waals surface area contributed by atoms with Crippen molar-refractivity contribution in [2.75, 3.05) is 5.32 Å². The lowest BCUT2D eigenvalue weighted by Crippen LogP contribution is -2.32. The molecule has 0 radical (unpaired) electrons. The standard InChI is InChI=1S/C10H12BrFN2O/c1-5-3-7(11)8(12)4-9(5)14-10(15)6(2)13/h3-4,6H,13H2,1-2H3,(H,14,15)/t6-/m1/s1. The Hall–Kier alpha value is -0.940. The van der Waals surface area contributed by atoms with Crippen LogP contribution in [0.4, 0.5) is 10.1 Å². The van der Waals surface area contributed by atoms with Gasteiger partial charge in [0.15, 0.2) is 0 Å². The quantitative estimate of drug-likeness (QED) is 0.869. The van der Waals surface area contributed by atoms with Gasteiger partial charge >= 0.3 is 0 Å². The normalized spacial score (nSPS) is 12.3. The molecule has 0 aromatic heterocycles. The summed E-state index contributed by atoms with van der Waals surface area (Å²) in [6.45, 7) is 3.35. The van der Waals surface area contributed by atoms with Crippen molar-refractivity contribution in [3.8, 4) is 0 Å². The monoisotopic (exact) mass is 274 g/mol. The lowest BCUT2D eigenvalue weighted by molar-refractivity contribution is -0.117. The van der Waals surface area contributed by atoms with E-state index in [0.717, 1.165) is 5.56 Å². The number of amides is 1. The van der Waals surface area contributed by atoms with E-state index in [1.165, 1.54) is 6.07 Å². The van der Waals surface area contributed by atoms with E-state index in [2.05, 4.69) is 21.2 Å². The van der Waals surface area contributed by atoms with Crippen molar-refractivity contribution in [2.45, 2.75) is 19.9 Å². The van der Waals surface area contributed by atoms with Crippen LogP contribution >= 0.6 is 15.9 Å². The number of benzene rings is 1. The van der Waals surface area contributed by atoms with Crippen molar-refractivity contribution >= 4 is 27.5 Å². The maximum Gasteiger partial charge on any atom is 0.241 e. The Balaban J connectivity index is 2.96. The van der Waals surface area contributed by atoms with Crippen LogP contribution in [-0.2, 0) is 4.79 Å². The number of carbonyl (C=O) groups is 1. The molecular formula is C10H12BrFN2O. The smallest absolute Gasteiger partial charge is 0.241 e. The van der Waals surface area contributed by atoms with Crippen LogP contribution in [0.3, 0.4) is 0 Å². The molecule has 0 bridgehead atoms. The van der Waals surface area contributed by atoms with Gasteiger partial charge in [0.05, 0.1) is 10.5 Å². The van der Waals surface area contributed by atoms with E-state index in [4.69, 9.17) is 5.73 Å². The van der Waals surface area contributed by atoms with Gasteiger partial charge in [0, 0.05) is 5.69 Å². The van der Waals surface area contributed by atoms with E-state index in [9.17, 15) is 9.18 Å². The Labute approximate surface area is 96.0 Å². The molecule has 0 heterocycles. The fraction of sp³-hybridized carbons (Fsp3) is 0.300. The van der Waals surface area contributed by atoms with Crippen molar-refractivity contribution in [2.24, 2.45) is 5.73 Å². The first kappa shape index (κ1) is 12.1. The number of anilines is 1. The number of hydrogen-bond acceptors (Lipinski definition) is 2. The first-order chi connectivity index (χ1) is 6.91. The van der Waals surface area contributed by atoms with Crippen LogP contribution in [0.2, 0.25) is 0 Å². The van der Waals surface area contributed by atoms with Crippen LogP contribution in [0.15, 0.2) is 16.6 Å². The summed E-state index contributed by atoms with van der Waals surface area (Å²) in [6.07, 6.45) is 0. The van der Waals surface area contributed by atoms with Crippen molar-refractivity contribution in [3.05, 3.63) is 28.0 Å². The van der Waals surface area contributed by atoms with Crippen molar-refractivity contribution in [3.63, 3.8) is 0 Å². The molecule has 0 aliphatic carbocycles. The van der Waals surface area contributed by atoms with Crippen molar-refractivity contribution in [1.29, 1.82) is 0 Å². The molecule has 0 fully saturated rings. The molecule has 1 aromatic rings. The number of carbonyl (C=O) groups excluding carboxylic acids is 1. The lowest BCUT2D eigenvalue weighted by Gasteiger charge is -2.11. The summed E-state index contributed by atoms with van der Waals surface area (Å²) >= 11 is 3.06. The summed E-state index contributed by atoms with van der Waals surface area (Å²) in [5.74, 6) is -0.750. The Morgan fingerprint density at radius 2 is 2.20 bits per heavy atom. The molecule has 0 aliphatic rings. The van der Waals surface area contributed by atoms with Crippen LogP contribution in [0.25, 0.3) is 0 Å². The lowest BCUT2D eigenvalue weighted by atomic mass is 10.2. The first-order valence-electron chi connectivity index (χ1n) is 4.44. The Morgan fingerprint density at radius 1 is 1.60 bits per heavy atom. The highest BCUT2D eigenvalue weighted by Crippen LogP contribution is 2.23. The van der Waals surface area contributed by atoms with E-state index in [-0.39, 0.29) is 5.91 Å². The van der Waals surface area contributed by atoms with Gasteiger partial charge in [-0.25, -0.2) is 4.39 Å². The van der Waals surface area contributed by atoms with E-state index >= 15 is 0 Å². The molecule has 3 nitrogen and oxygen atoms in total. The van der Waals surface area contributed by atoms with Crippen molar-refractivity contribution < 1.29 is 9.18 Å². The zero-order valence-corrected chi connectivity index (χ0v) is 10.1. The summed E-state index contributed by atoms with van der Waals surface area (Å²) in [7, 11) is 0. The molecule has 0 unspecified atom stereocenters. The first-order valence-corrected chi connectivity index (χ1v) is 5.23. The summed E-state index contributed by atoms with van der Waals surface area (Å²) < 4.78 is 13.6. The number of aryl methyl sites for hydroxylation is 1. The van der Waals surface area contributed by atoms with Gasteiger partial charge < -0.3 is 11.1 Å². The zero-order valence-electron chi connectivity index (χ0n) is 8.47. The van der Waals surface area contributed by atoms with Gasteiger partial charge in [-0.05, 0) is 47.5 Å². The van der Waals surface area contributed by atoms with Crippen molar-refractivity contribution in [1.82, 2.24) is 0 Å². The SMILES string of the molecule is Cc1cc(Br)c(F)cc1NC(=O)[C@@H](C)N. The van der Waals surface area contributed by atoms with Gasteiger partial charge in [-0.3, -0.25) is 4.79 Å². The third-order valence-corrected chi connectivity index (χ3v) is 2.55. The Bertz CT molecular complexity index is 393. The summed E-state index contributed by atoms with van der Waals surface area (Å²) in [6, 6.07) is 2.25. The van der Waals surface area contributed by atoms with E-state index < -0.39 is 11.9 Å². The third-order valence-electron chi connectivity index (χ3n) is 1.94. The van der Waals surface area contributed by atoms with Gasteiger partial charge in [0.2, 0.25) is 5.91 Å². The topological polar surface area (TPSA) is 55.1 Å². The number of rotatable bonds is 2.